The molecule has 1 aliphatic rings. The summed E-state index contributed by atoms with van der Waals surface area (Å²) in [6.07, 6.45) is 5.49. The predicted molar refractivity (Wildman–Crippen MR) is 83.0 cm³/mol. The number of benzene rings is 1. The molecule has 21 heavy (non-hydrogen) atoms. The van der Waals surface area contributed by atoms with Gasteiger partial charge in [-0.3, -0.25) is 0 Å². The zero-order valence-corrected chi connectivity index (χ0v) is 13.2. The van der Waals surface area contributed by atoms with E-state index in [0.29, 0.717) is 10.8 Å². The summed E-state index contributed by atoms with van der Waals surface area (Å²) in [5.74, 6) is 1.39. The molecular formula is C15H21N3O2S. The summed E-state index contributed by atoms with van der Waals surface area (Å²) in [5.41, 5.74) is 7.79. The predicted octanol–water partition coefficient (Wildman–Crippen LogP) is 1.96. The second-order valence-corrected chi connectivity index (χ2v) is 8.09. The Bertz CT molecular complexity index is 780. The van der Waals surface area contributed by atoms with Crippen molar-refractivity contribution in [2.45, 2.75) is 42.5 Å². The minimum atomic E-state index is -3.20. The van der Waals surface area contributed by atoms with Crippen LogP contribution in [0.3, 0.4) is 0 Å². The largest absolute Gasteiger partial charge is 0.331 e. The topological polar surface area (TPSA) is 78.0 Å². The monoisotopic (exact) mass is 307 g/mol. The van der Waals surface area contributed by atoms with Gasteiger partial charge in [0.25, 0.3) is 0 Å². The van der Waals surface area contributed by atoms with Crippen LogP contribution in [0.4, 0.5) is 0 Å². The summed E-state index contributed by atoms with van der Waals surface area (Å²) in [4.78, 5) is 5.01. The van der Waals surface area contributed by atoms with Gasteiger partial charge < -0.3 is 10.3 Å². The first kappa shape index (κ1) is 14.5. The molecule has 1 saturated carbocycles. The fraction of sp³-hybridized carbons (Fsp3) is 0.533. The number of imidazole rings is 1. The maximum atomic E-state index is 11.7. The first-order chi connectivity index (χ1) is 9.86. The van der Waals surface area contributed by atoms with Crippen molar-refractivity contribution < 1.29 is 8.42 Å². The maximum absolute atomic E-state index is 11.7. The molecule has 0 bridgehead atoms. The van der Waals surface area contributed by atoms with Crippen LogP contribution in [0.15, 0.2) is 23.1 Å². The average Bonchev–Trinajstić information content (AvgIpc) is 2.75. The highest BCUT2D eigenvalue weighted by atomic mass is 32.2. The van der Waals surface area contributed by atoms with Crippen LogP contribution in [0.5, 0.6) is 0 Å². The second-order valence-electron chi connectivity index (χ2n) is 6.08. The van der Waals surface area contributed by atoms with E-state index in [1.807, 2.05) is 13.1 Å². The molecule has 1 heterocycles. The number of hydrogen-bond acceptors (Lipinski definition) is 4. The van der Waals surface area contributed by atoms with Crippen molar-refractivity contribution in [3.05, 3.63) is 24.0 Å². The van der Waals surface area contributed by atoms with Crippen LogP contribution in [0, 0.1) is 0 Å². The van der Waals surface area contributed by atoms with E-state index in [4.69, 9.17) is 5.73 Å². The molecule has 2 atom stereocenters. The van der Waals surface area contributed by atoms with Crippen molar-refractivity contribution >= 4 is 20.9 Å². The first-order valence-corrected chi connectivity index (χ1v) is 9.17. The van der Waals surface area contributed by atoms with E-state index in [-0.39, 0.29) is 6.04 Å². The molecule has 2 aromatic rings. The Morgan fingerprint density at radius 2 is 2.10 bits per heavy atom. The van der Waals surface area contributed by atoms with Gasteiger partial charge in [-0.2, -0.15) is 0 Å². The van der Waals surface area contributed by atoms with Crippen molar-refractivity contribution in [1.82, 2.24) is 9.55 Å². The lowest BCUT2D eigenvalue weighted by atomic mass is 9.85. The molecule has 0 aliphatic heterocycles. The lowest BCUT2D eigenvalue weighted by molar-refractivity contribution is 0.378. The van der Waals surface area contributed by atoms with E-state index >= 15 is 0 Å². The smallest absolute Gasteiger partial charge is 0.175 e. The van der Waals surface area contributed by atoms with Gasteiger partial charge in [0.15, 0.2) is 9.84 Å². The lowest BCUT2D eigenvalue weighted by Crippen LogP contribution is -2.27. The molecule has 6 heteroatoms. The van der Waals surface area contributed by atoms with Crippen molar-refractivity contribution in [3.8, 4) is 0 Å². The highest BCUT2D eigenvalue weighted by molar-refractivity contribution is 7.90. The fourth-order valence-electron chi connectivity index (χ4n) is 3.26. The number of aromatic nitrogens is 2. The van der Waals surface area contributed by atoms with Crippen LogP contribution in [0.25, 0.3) is 11.0 Å². The minimum Gasteiger partial charge on any atom is -0.331 e. The molecule has 0 saturated heterocycles. The molecule has 0 radical (unpaired) electrons. The van der Waals surface area contributed by atoms with E-state index < -0.39 is 9.84 Å². The summed E-state index contributed by atoms with van der Waals surface area (Å²) in [6, 6.07) is 5.40. The molecule has 1 aromatic heterocycles. The fourth-order valence-corrected chi connectivity index (χ4v) is 3.90. The summed E-state index contributed by atoms with van der Waals surface area (Å²) < 4.78 is 25.4. The number of aryl methyl sites for hydroxylation is 1. The summed E-state index contributed by atoms with van der Waals surface area (Å²) in [5, 5.41) is 0. The summed E-state index contributed by atoms with van der Waals surface area (Å²) >= 11 is 0. The van der Waals surface area contributed by atoms with E-state index in [9.17, 15) is 8.42 Å². The Kier molecular flexibility index (Phi) is 3.53. The van der Waals surface area contributed by atoms with Crippen molar-refractivity contribution in [1.29, 1.82) is 0 Å². The summed E-state index contributed by atoms with van der Waals surface area (Å²) in [6.45, 7) is 0. The van der Waals surface area contributed by atoms with Gasteiger partial charge in [-0.1, -0.05) is 6.42 Å². The van der Waals surface area contributed by atoms with Crippen LogP contribution in [0.1, 0.15) is 37.4 Å². The SMILES string of the molecule is Cn1c(C2CCCC(N)C2)nc2cc(S(C)(=O)=O)ccc21. The molecule has 1 aromatic carbocycles. The minimum absolute atomic E-state index is 0.246. The Hall–Kier alpha value is -1.40. The third-order valence-corrected chi connectivity index (χ3v) is 5.51. The number of nitrogens with zero attached hydrogens (tertiary/aromatic N) is 2. The molecule has 3 rings (SSSR count). The average molecular weight is 307 g/mol. The van der Waals surface area contributed by atoms with Gasteiger partial charge in [0.1, 0.15) is 5.82 Å². The molecule has 0 spiro atoms. The number of hydrogen-bond donors (Lipinski definition) is 1. The highest BCUT2D eigenvalue weighted by Gasteiger charge is 2.25. The van der Waals surface area contributed by atoms with Crippen molar-refractivity contribution in [2.24, 2.45) is 12.8 Å². The molecule has 2 unspecified atom stereocenters. The third kappa shape index (κ3) is 2.70. The normalized spacial score (nSPS) is 23.6. The van der Waals surface area contributed by atoms with Gasteiger partial charge in [0, 0.05) is 25.3 Å². The molecule has 5 nitrogen and oxygen atoms in total. The molecule has 114 valence electrons. The lowest BCUT2D eigenvalue weighted by Gasteiger charge is -2.26. The van der Waals surface area contributed by atoms with Crippen LogP contribution in [-0.4, -0.2) is 30.3 Å². The zero-order valence-electron chi connectivity index (χ0n) is 12.4. The molecule has 2 N–H and O–H groups in total. The Labute approximate surface area is 125 Å². The van der Waals surface area contributed by atoms with Gasteiger partial charge in [0.05, 0.1) is 15.9 Å². The third-order valence-electron chi connectivity index (χ3n) is 4.39. The van der Waals surface area contributed by atoms with Gasteiger partial charge in [-0.25, -0.2) is 13.4 Å². The van der Waals surface area contributed by atoms with Crippen molar-refractivity contribution in [2.75, 3.05) is 6.26 Å². The van der Waals surface area contributed by atoms with Crippen LogP contribution in [-0.2, 0) is 16.9 Å². The standard InChI is InChI=1S/C15H21N3O2S/c1-18-14-7-6-12(21(2,19)20)9-13(14)17-15(18)10-4-3-5-11(16)8-10/h6-7,9-11H,3-5,8,16H2,1-2H3. The molecular weight excluding hydrogens is 286 g/mol. The molecule has 1 aliphatic carbocycles. The van der Waals surface area contributed by atoms with E-state index in [0.717, 1.165) is 42.5 Å². The number of sulfone groups is 1. The number of nitrogens with two attached hydrogens (primary N) is 1. The highest BCUT2D eigenvalue weighted by Crippen LogP contribution is 2.33. The number of rotatable bonds is 2. The molecule has 1 fully saturated rings. The Morgan fingerprint density at radius 1 is 1.33 bits per heavy atom. The Balaban J connectivity index is 2.07. The van der Waals surface area contributed by atoms with Crippen LogP contribution in [0.2, 0.25) is 0 Å². The van der Waals surface area contributed by atoms with E-state index in [2.05, 4.69) is 9.55 Å². The van der Waals surface area contributed by atoms with Gasteiger partial charge in [-0.15, -0.1) is 0 Å². The zero-order chi connectivity index (χ0) is 15.2. The van der Waals surface area contributed by atoms with Gasteiger partial charge in [0.2, 0.25) is 0 Å². The Morgan fingerprint density at radius 3 is 2.76 bits per heavy atom. The van der Waals surface area contributed by atoms with Gasteiger partial charge >= 0.3 is 0 Å². The quantitative estimate of drug-likeness (QED) is 0.920. The second kappa shape index (κ2) is 5.10. The van der Waals surface area contributed by atoms with E-state index in [1.54, 1.807) is 12.1 Å². The number of fused-ring (bicyclic) bond motifs is 1. The first-order valence-electron chi connectivity index (χ1n) is 7.28. The maximum Gasteiger partial charge on any atom is 0.175 e. The van der Waals surface area contributed by atoms with Gasteiger partial charge in [-0.05, 0) is 37.5 Å². The van der Waals surface area contributed by atoms with Crippen LogP contribution >= 0.6 is 0 Å². The van der Waals surface area contributed by atoms with Crippen LogP contribution < -0.4 is 5.73 Å². The molecule has 0 amide bonds. The van der Waals surface area contributed by atoms with Crippen molar-refractivity contribution in [3.63, 3.8) is 0 Å². The summed E-state index contributed by atoms with van der Waals surface area (Å²) in [7, 11) is -1.21. The van der Waals surface area contributed by atoms with E-state index in [1.165, 1.54) is 6.26 Å².